The van der Waals surface area contributed by atoms with Crippen LogP contribution in [0.5, 0.6) is 0 Å². The van der Waals surface area contributed by atoms with Crippen molar-refractivity contribution in [1.82, 2.24) is 4.98 Å². The highest BCUT2D eigenvalue weighted by atomic mass is 79.9. The molecule has 2 aromatic rings. The lowest BCUT2D eigenvalue weighted by Crippen LogP contribution is -2.31. The highest BCUT2D eigenvalue weighted by Crippen LogP contribution is 2.38. The van der Waals surface area contributed by atoms with Crippen LogP contribution in [0.4, 0.5) is 11.5 Å². The van der Waals surface area contributed by atoms with Gasteiger partial charge in [-0.15, -0.1) is 0 Å². The topological polar surface area (TPSA) is 16.1 Å². The molecule has 2 nitrogen and oxygen atoms in total. The van der Waals surface area contributed by atoms with Crippen LogP contribution in [0.15, 0.2) is 41.0 Å². The molecule has 19 heavy (non-hydrogen) atoms. The third-order valence-electron chi connectivity index (χ3n) is 3.66. The van der Waals surface area contributed by atoms with Gasteiger partial charge in [-0.05, 0) is 58.5 Å². The molecule has 0 saturated heterocycles. The molecule has 0 bridgehead atoms. The van der Waals surface area contributed by atoms with Gasteiger partial charge in [0, 0.05) is 18.4 Å². The van der Waals surface area contributed by atoms with Crippen molar-refractivity contribution in [3.63, 3.8) is 0 Å². The van der Waals surface area contributed by atoms with Gasteiger partial charge in [-0.2, -0.15) is 0 Å². The van der Waals surface area contributed by atoms with E-state index in [-0.39, 0.29) is 0 Å². The molecular weight excluding hydrogens is 300 g/mol. The predicted molar refractivity (Wildman–Crippen MR) is 83.0 cm³/mol. The van der Waals surface area contributed by atoms with Crippen LogP contribution in [0.3, 0.4) is 0 Å². The molecule has 1 unspecified atom stereocenters. The van der Waals surface area contributed by atoms with Gasteiger partial charge >= 0.3 is 0 Å². The standard InChI is InChI=1S/C16H17BrN2/c1-11-9-13-5-3-4-6-14(13)19(10-11)16-15(17)12(2)7-8-18-16/h3-8,11H,9-10H2,1-2H3. The smallest absolute Gasteiger partial charge is 0.147 e. The third kappa shape index (κ3) is 2.27. The van der Waals surface area contributed by atoms with Crippen molar-refractivity contribution in [3.8, 4) is 0 Å². The largest absolute Gasteiger partial charge is 0.325 e. The molecule has 2 heterocycles. The van der Waals surface area contributed by atoms with Crippen molar-refractivity contribution >= 4 is 27.4 Å². The lowest BCUT2D eigenvalue weighted by Gasteiger charge is -2.34. The molecular formula is C16H17BrN2. The van der Waals surface area contributed by atoms with E-state index in [1.54, 1.807) is 0 Å². The van der Waals surface area contributed by atoms with E-state index in [1.807, 2.05) is 12.3 Å². The zero-order valence-corrected chi connectivity index (χ0v) is 12.8. The fourth-order valence-electron chi connectivity index (χ4n) is 2.71. The molecule has 0 N–H and O–H groups in total. The predicted octanol–water partition coefficient (Wildman–Crippen LogP) is 4.48. The quantitative estimate of drug-likeness (QED) is 0.771. The van der Waals surface area contributed by atoms with E-state index >= 15 is 0 Å². The molecule has 1 aromatic heterocycles. The van der Waals surface area contributed by atoms with Crippen molar-refractivity contribution in [2.45, 2.75) is 20.3 Å². The van der Waals surface area contributed by atoms with Crippen LogP contribution in [0.25, 0.3) is 0 Å². The number of nitrogens with zero attached hydrogens (tertiary/aromatic N) is 2. The highest BCUT2D eigenvalue weighted by Gasteiger charge is 2.24. The number of hydrogen-bond donors (Lipinski definition) is 0. The van der Waals surface area contributed by atoms with Crippen LogP contribution < -0.4 is 4.90 Å². The van der Waals surface area contributed by atoms with Gasteiger partial charge in [-0.25, -0.2) is 4.98 Å². The fourth-order valence-corrected chi connectivity index (χ4v) is 3.16. The molecule has 3 heteroatoms. The number of benzene rings is 1. The zero-order valence-electron chi connectivity index (χ0n) is 11.2. The van der Waals surface area contributed by atoms with E-state index in [4.69, 9.17) is 0 Å². The summed E-state index contributed by atoms with van der Waals surface area (Å²) in [5, 5.41) is 0. The Bertz CT molecular complexity index is 609. The van der Waals surface area contributed by atoms with Crippen molar-refractivity contribution in [3.05, 3.63) is 52.1 Å². The summed E-state index contributed by atoms with van der Waals surface area (Å²) < 4.78 is 1.10. The summed E-state index contributed by atoms with van der Waals surface area (Å²) in [6.07, 6.45) is 3.04. The van der Waals surface area contributed by atoms with Gasteiger partial charge in [0.15, 0.2) is 0 Å². The average Bonchev–Trinajstić information content (AvgIpc) is 2.41. The SMILES string of the molecule is Cc1ccnc(N2CC(C)Cc3ccccc32)c1Br. The Balaban J connectivity index is 2.13. The molecule has 1 aliphatic rings. The van der Waals surface area contributed by atoms with Crippen LogP contribution in [0.2, 0.25) is 0 Å². The minimum Gasteiger partial charge on any atom is -0.325 e. The second kappa shape index (κ2) is 4.97. The summed E-state index contributed by atoms with van der Waals surface area (Å²) in [6.45, 7) is 5.42. The number of halogens is 1. The Morgan fingerprint density at radius 2 is 2.05 bits per heavy atom. The van der Waals surface area contributed by atoms with Gasteiger partial charge in [0.05, 0.1) is 4.47 Å². The van der Waals surface area contributed by atoms with Crippen molar-refractivity contribution in [1.29, 1.82) is 0 Å². The summed E-state index contributed by atoms with van der Waals surface area (Å²) in [5.41, 5.74) is 3.93. The van der Waals surface area contributed by atoms with Crippen LogP contribution >= 0.6 is 15.9 Å². The van der Waals surface area contributed by atoms with E-state index in [2.05, 4.69) is 63.9 Å². The normalized spacial score (nSPS) is 18.3. The molecule has 0 fully saturated rings. The van der Waals surface area contributed by atoms with Gasteiger partial charge in [0.2, 0.25) is 0 Å². The van der Waals surface area contributed by atoms with Gasteiger partial charge in [0.25, 0.3) is 0 Å². The molecule has 0 amide bonds. The van der Waals surface area contributed by atoms with E-state index in [0.717, 1.165) is 23.3 Å². The average molecular weight is 317 g/mol. The number of para-hydroxylation sites is 1. The molecule has 1 aliphatic heterocycles. The minimum absolute atomic E-state index is 0.643. The van der Waals surface area contributed by atoms with Crippen molar-refractivity contribution < 1.29 is 0 Å². The molecule has 1 aromatic carbocycles. The van der Waals surface area contributed by atoms with Crippen LogP contribution in [0, 0.1) is 12.8 Å². The third-order valence-corrected chi connectivity index (χ3v) is 4.64. The number of aryl methyl sites for hydroxylation is 1. The zero-order chi connectivity index (χ0) is 13.4. The molecule has 0 aliphatic carbocycles. The van der Waals surface area contributed by atoms with E-state index in [0.29, 0.717) is 5.92 Å². The summed E-state index contributed by atoms with van der Waals surface area (Å²) >= 11 is 3.68. The number of hydrogen-bond acceptors (Lipinski definition) is 2. The van der Waals surface area contributed by atoms with Crippen LogP contribution in [-0.4, -0.2) is 11.5 Å². The second-order valence-corrected chi connectivity index (χ2v) is 6.11. The Labute approximate surface area is 122 Å². The van der Waals surface area contributed by atoms with E-state index < -0.39 is 0 Å². The first kappa shape index (κ1) is 12.7. The number of pyridine rings is 1. The Morgan fingerprint density at radius 1 is 1.26 bits per heavy atom. The fraction of sp³-hybridized carbons (Fsp3) is 0.312. The second-order valence-electron chi connectivity index (χ2n) is 5.31. The Hall–Kier alpha value is -1.35. The number of fused-ring (bicyclic) bond motifs is 1. The van der Waals surface area contributed by atoms with Crippen LogP contribution in [0.1, 0.15) is 18.1 Å². The first-order chi connectivity index (χ1) is 9.16. The van der Waals surface area contributed by atoms with E-state index in [9.17, 15) is 0 Å². The molecule has 1 atom stereocenters. The maximum absolute atomic E-state index is 4.58. The summed E-state index contributed by atoms with van der Waals surface area (Å²) in [5.74, 6) is 1.67. The Kier molecular flexibility index (Phi) is 3.31. The van der Waals surface area contributed by atoms with Gasteiger partial charge in [0.1, 0.15) is 5.82 Å². The maximum Gasteiger partial charge on any atom is 0.147 e. The van der Waals surface area contributed by atoms with Gasteiger partial charge < -0.3 is 4.90 Å². The van der Waals surface area contributed by atoms with Crippen molar-refractivity contribution in [2.75, 3.05) is 11.4 Å². The molecule has 98 valence electrons. The summed E-state index contributed by atoms with van der Waals surface area (Å²) in [7, 11) is 0. The van der Waals surface area contributed by atoms with Gasteiger partial charge in [-0.1, -0.05) is 25.1 Å². The first-order valence-electron chi connectivity index (χ1n) is 6.63. The van der Waals surface area contributed by atoms with Gasteiger partial charge in [-0.3, -0.25) is 0 Å². The van der Waals surface area contributed by atoms with Crippen LogP contribution in [-0.2, 0) is 6.42 Å². The minimum atomic E-state index is 0.643. The summed E-state index contributed by atoms with van der Waals surface area (Å²) in [6, 6.07) is 10.7. The number of aromatic nitrogens is 1. The summed E-state index contributed by atoms with van der Waals surface area (Å²) in [4.78, 5) is 6.91. The molecule has 0 radical (unpaired) electrons. The Morgan fingerprint density at radius 3 is 2.89 bits per heavy atom. The lowest BCUT2D eigenvalue weighted by molar-refractivity contribution is 0.559. The first-order valence-corrected chi connectivity index (χ1v) is 7.42. The highest BCUT2D eigenvalue weighted by molar-refractivity contribution is 9.10. The molecule has 3 rings (SSSR count). The molecule has 0 spiro atoms. The molecule has 0 saturated carbocycles. The lowest BCUT2D eigenvalue weighted by atomic mass is 9.94. The number of anilines is 2. The number of rotatable bonds is 1. The maximum atomic E-state index is 4.58. The van der Waals surface area contributed by atoms with Crippen molar-refractivity contribution in [2.24, 2.45) is 5.92 Å². The van der Waals surface area contributed by atoms with E-state index in [1.165, 1.54) is 16.8 Å². The monoisotopic (exact) mass is 316 g/mol.